The maximum absolute atomic E-state index is 13.8. The largest absolute Gasteiger partial charge is 0.449 e. The van der Waals surface area contributed by atoms with Crippen LogP contribution in [0.25, 0.3) is 0 Å². The van der Waals surface area contributed by atoms with Gasteiger partial charge in [-0.15, -0.1) is 12.4 Å². The van der Waals surface area contributed by atoms with Crippen LogP contribution >= 0.6 is 12.4 Å². The van der Waals surface area contributed by atoms with E-state index in [-0.39, 0.29) is 36.3 Å². The number of alkyl carbamates (subject to hydrolysis) is 1. The van der Waals surface area contributed by atoms with Crippen LogP contribution in [0, 0.1) is 18.2 Å². The summed E-state index contributed by atoms with van der Waals surface area (Å²) >= 11 is 0. The second kappa shape index (κ2) is 5.14. The van der Waals surface area contributed by atoms with Crippen molar-refractivity contribution in [1.29, 1.82) is 0 Å². The Balaban J connectivity index is 0.00000162. The van der Waals surface area contributed by atoms with Gasteiger partial charge in [0.25, 0.3) is 0 Å². The number of carbonyl (C=O) groups excluding carboxylic acids is 1. The molecule has 1 saturated heterocycles. The fourth-order valence-electron chi connectivity index (χ4n) is 2.07. The van der Waals surface area contributed by atoms with Crippen molar-refractivity contribution in [2.24, 2.45) is 5.41 Å². The van der Waals surface area contributed by atoms with Gasteiger partial charge in [-0.1, -0.05) is 31.5 Å². The zero-order valence-electron chi connectivity index (χ0n) is 10.6. The molecule has 1 aromatic carbocycles. The van der Waals surface area contributed by atoms with Crippen LogP contribution in [0.3, 0.4) is 0 Å². The van der Waals surface area contributed by atoms with Crippen LogP contribution in [0.4, 0.5) is 9.18 Å². The summed E-state index contributed by atoms with van der Waals surface area (Å²) in [7, 11) is 0. The predicted molar refractivity (Wildman–Crippen MR) is 69.4 cm³/mol. The lowest BCUT2D eigenvalue weighted by Crippen LogP contribution is -2.47. The van der Waals surface area contributed by atoms with Gasteiger partial charge in [0.15, 0.2) is 0 Å². The van der Waals surface area contributed by atoms with Crippen molar-refractivity contribution in [2.45, 2.75) is 26.8 Å². The lowest BCUT2D eigenvalue weighted by atomic mass is 9.80. The molecule has 1 aliphatic heterocycles. The van der Waals surface area contributed by atoms with Crippen molar-refractivity contribution in [1.82, 2.24) is 5.32 Å². The first kappa shape index (κ1) is 14.8. The minimum absolute atomic E-state index is 0. The molecule has 2 rings (SSSR count). The number of cyclic esters (lactones) is 1. The lowest BCUT2D eigenvalue weighted by Gasteiger charge is -2.38. The number of hydrogen-bond donors (Lipinski definition) is 1. The van der Waals surface area contributed by atoms with E-state index in [1.54, 1.807) is 12.1 Å². The zero-order valence-corrected chi connectivity index (χ0v) is 11.4. The van der Waals surface area contributed by atoms with Gasteiger partial charge in [-0.2, -0.15) is 0 Å². The molecule has 0 unspecified atom stereocenters. The molecule has 1 aliphatic rings. The highest BCUT2D eigenvalue weighted by atomic mass is 35.5. The summed E-state index contributed by atoms with van der Waals surface area (Å²) in [4.78, 5) is 11.3. The van der Waals surface area contributed by atoms with E-state index >= 15 is 0 Å². The highest BCUT2D eigenvalue weighted by Crippen LogP contribution is 2.37. The maximum Gasteiger partial charge on any atom is 0.407 e. The first-order valence-electron chi connectivity index (χ1n) is 5.59. The summed E-state index contributed by atoms with van der Waals surface area (Å²) in [6.45, 7) is 6.08. The molecule has 1 N–H and O–H groups in total. The van der Waals surface area contributed by atoms with E-state index in [2.05, 4.69) is 5.32 Å². The number of aryl methyl sites for hydroxylation is 1. The van der Waals surface area contributed by atoms with Crippen LogP contribution in [-0.2, 0) is 4.74 Å². The third kappa shape index (κ3) is 2.75. The number of carbonyl (C=O) groups is 1. The summed E-state index contributed by atoms with van der Waals surface area (Å²) in [6.07, 6.45) is -0.491. The van der Waals surface area contributed by atoms with Crippen LogP contribution in [0.1, 0.15) is 31.0 Å². The minimum atomic E-state index is -0.491. The van der Waals surface area contributed by atoms with E-state index in [0.29, 0.717) is 5.56 Å². The van der Waals surface area contributed by atoms with Gasteiger partial charge in [0.05, 0.1) is 6.04 Å². The fourth-order valence-corrected chi connectivity index (χ4v) is 2.07. The molecule has 1 heterocycles. The Morgan fingerprint density at radius 3 is 2.78 bits per heavy atom. The van der Waals surface area contributed by atoms with Crippen LogP contribution in [-0.4, -0.2) is 12.7 Å². The topological polar surface area (TPSA) is 38.3 Å². The Hall–Kier alpha value is -1.29. The lowest BCUT2D eigenvalue weighted by molar-refractivity contribution is 0.0377. The molecule has 18 heavy (non-hydrogen) atoms. The second-order valence-corrected chi connectivity index (χ2v) is 5.17. The second-order valence-electron chi connectivity index (χ2n) is 5.17. The number of nitrogens with one attached hydrogen (secondary N) is 1. The summed E-state index contributed by atoms with van der Waals surface area (Å²) in [5.41, 5.74) is 1.16. The van der Waals surface area contributed by atoms with Gasteiger partial charge in [-0.05, 0) is 13.0 Å². The molecule has 1 aromatic rings. The molecule has 0 aromatic heterocycles. The molecule has 0 bridgehead atoms. The Morgan fingerprint density at radius 1 is 1.44 bits per heavy atom. The van der Waals surface area contributed by atoms with Crippen molar-refractivity contribution in [3.05, 3.63) is 35.1 Å². The number of rotatable bonds is 1. The van der Waals surface area contributed by atoms with Crippen LogP contribution in [0.15, 0.2) is 18.2 Å². The smallest absolute Gasteiger partial charge is 0.407 e. The average Bonchev–Trinajstić information content (AvgIpc) is 2.26. The van der Waals surface area contributed by atoms with E-state index in [4.69, 9.17) is 4.74 Å². The number of benzene rings is 1. The number of hydrogen-bond acceptors (Lipinski definition) is 2. The number of ether oxygens (including phenoxy) is 1. The van der Waals surface area contributed by atoms with Crippen molar-refractivity contribution < 1.29 is 13.9 Å². The van der Waals surface area contributed by atoms with E-state index in [1.165, 1.54) is 6.07 Å². The molecule has 0 aliphatic carbocycles. The number of halogens is 2. The molecule has 3 nitrogen and oxygen atoms in total. The van der Waals surface area contributed by atoms with Gasteiger partial charge in [-0.25, -0.2) is 9.18 Å². The van der Waals surface area contributed by atoms with Gasteiger partial charge in [0, 0.05) is 11.0 Å². The monoisotopic (exact) mass is 273 g/mol. The van der Waals surface area contributed by atoms with Crippen molar-refractivity contribution in [3.8, 4) is 0 Å². The first-order valence-corrected chi connectivity index (χ1v) is 5.59. The third-order valence-corrected chi connectivity index (χ3v) is 3.08. The number of amides is 1. The van der Waals surface area contributed by atoms with E-state index < -0.39 is 6.09 Å². The summed E-state index contributed by atoms with van der Waals surface area (Å²) in [5, 5.41) is 2.69. The average molecular weight is 274 g/mol. The van der Waals surface area contributed by atoms with Crippen LogP contribution < -0.4 is 5.32 Å². The molecule has 1 amide bonds. The van der Waals surface area contributed by atoms with E-state index in [9.17, 15) is 9.18 Å². The summed E-state index contributed by atoms with van der Waals surface area (Å²) in [5.74, 6) is -0.295. The normalized spacial score (nSPS) is 21.6. The molecule has 1 fully saturated rings. The zero-order chi connectivity index (χ0) is 12.6. The Bertz CT molecular complexity index is 462. The quantitative estimate of drug-likeness (QED) is 0.852. The molecule has 0 radical (unpaired) electrons. The molecule has 0 saturated carbocycles. The highest BCUT2D eigenvalue weighted by Gasteiger charge is 2.39. The molecular weight excluding hydrogens is 257 g/mol. The van der Waals surface area contributed by atoms with Crippen LogP contribution in [0.5, 0.6) is 0 Å². The molecule has 0 spiro atoms. The van der Waals surface area contributed by atoms with E-state index in [0.717, 1.165) is 5.56 Å². The molecular formula is C13H17ClFNO2. The van der Waals surface area contributed by atoms with Crippen molar-refractivity contribution >= 4 is 18.5 Å². The van der Waals surface area contributed by atoms with Gasteiger partial charge in [0.1, 0.15) is 12.4 Å². The van der Waals surface area contributed by atoms with Gasteiger partial charge in [-0.3, -0.25) is 0 Å². The Morgan fingerprint density at radius 2 is 2.11 bits per heavy atom. The van der Waals surface area contributed by atoms with Crippen LogP contribution in [0.2, 0.25) is 0 Å². The molecule has 5 heteroatoms. The van der Waals surface area contributed by atoms with E-state index in [1.807, 2.05) is 20.8 Å². The Kier molecular flexibility index (Phi) is 4.22. The third-order valence-electron chi connectivity index (χ3n) is 3.08. The predicted octanol–water partition coefficient (Wildman–Crippen LogP) is 3.36. The minimum Gasteiger partial charge on any atom is -0.449 e. The molecule has 1 atom stereocenters. The Labute approximate surface area is 112 Å². The molecule has 100 valence electrons. The fraction of sp³-hybridized carbons (Fsp3) is 0.462. The van der Waals surface area contributed by atoms with Gasteiger partial charge >= 0.3 is 6.09 Å². The van der Waals surface area contributed by atoms with Crippen molar-refractivity contribution in [3.63, 3.8) is 0 Å². The van der Waals surface area contributed by atoms with Gasteiger partial charge < -0.3 is 10.1 Å². The SMILES string of the molecule is Cc1ccc(F)c([C@H]2NC(=O)OCC2(C)C)c1.Cl. The van der Waals surface area contributed by atoms with Crippen molar-refractivity contribution in [2.75, 3.05) is 6.61 Å². The standard InChI is InChI=1S/C13H16FNO2.ClH/c1-8-4-5-10(14)9(6-8)11-13(2,3)7-17-12(16)15-11;/h4-6,11H,7H2,1-3H3,(H,15,16);1H/t11-;/m1./s1. The van der Waals surface area contributed by atoms with Gasteiger partial charge in [0.2, 0.25) is 0 Å². The summed E-state index contributed by atoms with van der Waals surface area (Å²) in [6, 6.07) is 4.56. The summed E-state index contributed by atoms with van der Waals surface area (Å²) < 4.78 is 18.8. The highest BCUT2D eigenvalue weighted by molar-refractivity contribution is 5.85. The maximum atomic E-state index is 13.8. The first-order chi connectivity index (χ1) is 7.90.